The lowest BCUT2D eigenvalue weighted by molar-refractivity contribution is 0.509. The Kier molecular flexibility index (Phi) is 17.1. The summed E-state index contributed by atoms with van der Waals surface area (Å²) in [5.41, 5.74) is 0. The average molecular weight is 317 g/mol. The van der Waals surface area contributed by atoms with Crippen molar-refractivity contribution < 1.29 is 13.0 Å². The van der Waals surface area contributed by atoms with Crippen LogP contribution in [0.2, 0.25) is 0 Å². The number of rotatable bonds is 0. The van der Waals surface area contributed by atoms with Gasteiger partial charge in [-0.15, -0.1) is 12.4 Å². The summed E-state index contributed by atoms with van der Waals surface area (Å²) in [6.07, 6.45) is 11.7. The van der Waals surface area contributed by atoms with Crippen LogP contribution in [-0.2, 0) is 11.0 Å². The molecule has 9 heteroatoms. The molecule has 0 bridgehead atoms. The van der Waals surface area contributed by atoms with Crippen molar-refractivity contribution in [2.24, 2.45) is 0 Å². The third-order valence-corrected chi connectivity index (χ3v) is 2.11. The number of hydrogen-bond donors (Lipinski definition) is 4. The molecular weight excluding hydrogens is 304 g/mol. The molecule has 2 aliphatic heterocycles. The Morgan fingerprint density at radius 2 is 1.24 bits per heavy atom. The molecule has 17 heavy (non-hydrogen) atoms. The van der Waals surface area contributed by atoms with E-state index >= 15 is 0 Å². The van der Waals surface area contributed by atoms with Gasteiger partial charge in [0.25, 0.3) is 11.0 Å². The first kappa shape index (κ1) is 18.8. The van der Waals surface area contributed by atoms with Crippen molar-refractivity contribution in [3.8, 4) is 0 Å². The molecule has 0 fully saturated rings. The Morgan fingerprint density at radius 3 is 1.29 bits per heavy atom. The SMILES string of the molecule is C1=CNSC=C1.C1=CNSC=C1.Cl.O=[SH](=O)O. The van der Waals surface area contributed by atoms with Crippen LogP contribution in [0.5, 0.6) is 0 Å². The standard InChI is InChI=1S/2C4H5NS.ClH.H2O3S/c2*1-2-4-6-5-3-1;;1-4(2)3/h2*1-5H;1H;4H,(H,1,2,3). The van der Waals surface area contributed by atoms with Crippen LogP contribution in [0.15, 0.2) is 47.5 Å². The molecule has 0 unspecified atom stereocenters. The van der Waals surface area contributed by atoms with E-state index < -0.39 is 11.0 Å². The third kappa shape index (κ3) is 21.3. The largest absolute Gasteiger partial charge is 0.333 e. The smallest absolute Gasteiger partial charge is 0.254 e. The van der Waals surface area contributed by atoms with Crippen molar-refractivity contribution in [3.63, 3.8) is 0 Å². The quantitative estimate of drug-likeness (QED) is 0.309. The van der Waals surface area contributed by atoms with Crippen molar-refractivity contribution in [2.75, 3.05) is 0 Å². The van der Waals surface area contributed by atoms with Gasteiger partial charge in [0, 0.05) is 12.4 Å². The van der Waals surface area contributed by atoms with Crippen LogP contribution in [-0.4, -0.2) is 13.0 Å². The molecular formula is C8H13ClN2O3S3. The van der Waals surface area contributed by atoms with Gasteiger partial charge in [-0.1, -0.05) is 12.2 Å². The van der Waals surface area contributed by atoms with Crippen LogP contribution in [0.1, 0.15) is 0 Å². The average Bonchev–Trinajstić information content (AvgIpc) is 2.34. The van der Waals surface area contributed by atoms with Crippen molar-refractivity contribution in [1.29, 1.82) is 0 Å². The van der Waals surface area contributed by atoms with E-state index in [9.17, 15) is 0 Å². The van der Waals surface area contributed by atoms with Crippen LogP contribution in [0.3, 0.4) is 0 Å². The second kappa shape index (κ2) is 15.5. The van der Waals surface area contributed by atoms with Gasteiger partial charge in [-0.25, -0.2) is 8.42 Å². The zero-order chi connectivity index (χ0) is 12.1. The minimum Gasteiger partial charge on any atom is -0.333 e. The molecule has 2 aliphatic rings. The van der Waals surface area contributed by atoms with Gasteiger partial charge in [0.1, 0.15) is 0 Å². The Labute approximate surface area is 117 Å². The van der Waals surface area contributed by atoms with E-state index in [2.05, 4.69) is 9.44 Å². The molecule has 2 heterocycles. The summed E-state index contributed by atoms with van der Waals surface area (Å²) in [4.78, 5) is 0. The van der Waals surface area contributed by atoms with E-state index in [-0.39, 0.29) is 12.4 Å². The van der Waals surface area contributed by atoms with Gasteiger partial charge in [0.05, 0.1) is 0 Å². The van der Waals surface area contributed by atoms with Crippen molar-refractivity contribution in [1.82, 2.24) is 9.44 Å². The molecule has 0 saturated carbocycles. The number of nitrogens with one attached hydrogen (secondary N) is 2. The van der Waals surface area contributed by atoms with Gasteiger partial charge >= 0.3 is 0 Å². The summed E-state index contributed by atoms with van der Waals surface area (Å²) in [5, 5.41) is 3.97. The minimum atomic E-state index is -3.12. The predicted molar refractivity (Wildman–Crippen MR) is 78.2 cm³/mol. The van der Waals surface area contributed by atoms with Gasteiger partial charge in [-0.05, 0) is 46.9 Å². The topological polar surface area (TPSA) is 78.4 Å². The van der Waals surface area contributed by atoms with Gasteiger partial charge in [-0.2, -0.15) is 0 Å². The van der Waals surface area contributed by atoms with Crippen LogP contribution < -0.4 is 9.44 Å². The molecule has 5 nitrogen and oxygen atoms in total. The third-order valence-electron chi connectivity index (χ3n) is 0.980. The molecule has 98 valence electrons. The van der Waals surface area contributed by atoms with Crippen LogP contribution in [0, 0.1) is 0 Å². The van der Waals surface area contributed by atoms with Gasteiger partial charge in [0.15, 0.2) is 0 Å². The maximum Gasteiger partial charge on any atom is 0.254 e. The maximum absolute atomic E-state index is 8.59. The Balaban J connectivity index is 0. The monoisotopic (exact) mass is 316 g/mol. The molecule has 0 saturated heterocycles. The second-order valence-electron chi connectivity index (χ2n) is 2.08. The van der Waals surface area contributed by atoms with Gasteiger partial charge in [-0.3, -0.25) is 4.55 Å². The first-order valence-corrected chi connectivity index (χ1v) is 6.91. The first-order valence-electron chi connectivity index (χ1n) is 4.02. The summed E-state index contributed by atoms with van der Waals surface area (Å²) in [7, 11) is -3.12. The summed E-state index contributed by atoms with van der Waals surface area (Å²) in [6.45, 7) is 0. The van der Waals surface area contributed by atoms with E-state index in [0.717, 1.165) is 0 Å². The minimum absolute atomic E-state index is 0. The molecule has 3 N–H and O–H groups in total. The Bertz CT molecular complexity index is 298. The lowest BCUT2D eigenvalue weighted by Gasteiger charge is -1.93. The zero-order valence-corrected chi connectivity index (χ0v) is 11.9. The van der Waals surface area contributed by atoms with Crippen LogP contribution >= 0.6 is 36.3 Å². The molecule has 0 aliphatic carbocycles. The number of allylic oxidation sites excluding steroid dienone is 4. The van der Waals surface area contributed by atoms with Crippen molar-refractivity contribution in [2.45, 2.75) is 0 Å². The van der Waals surface area contributed by atoms with E-state index in [0.29, 0.717) is 0 Å². The Morgan fingerprint density at radius 1 is 0.882 bits per heavy atom. The summed E-state index contributed by atoms with van der Waals surface area (Å²) in [5.74, 6) is 0. The summed E-state index contributed by atoms with van der Waals surface area (Å²) >= 11 is 3.16. The fourth-order valence-electron chi connectivity index (χ4n) is 0.516. The second-order valence-corrected chi connectivity index (χ2v) is 4.05. The van der Waals surface area contributed by atoms with Crippen molar-refractivity contribution in [3.05, 3.63) is 47.5 Å². The van der Waals surface area contributed by atoms with E-state index in [1.165, 1.54) is 0 Å². The molecule has 0 amide bonds. The normalized spacial score (nSPS) is 14.2. The summed E-state index contributed by atoms with van der Waals surface area (Å²) < 4.78 is 30.1. The van der Waals surface area contributed by atoms with E-state index in [1.54, 1.807) is 23.9 Å². The fourth-order valence-corrected chi connectivity index (χ4v) is 1.33. The molecule has 0 aromatic heterocycles. The van der Waals surface area contributed by atoms with Crippen LogP contribution in [0.25, 0.3) is 0 Å². The Hall–Kier alpha value is -0.540. The zero-order valence-electron chi connectivity index (χ0n) is 8.55. The molecule has 0 aromatic carbocycles. The highest BCUT2D eigenvalue weighted by Gasteiger charge is 1.75. The van der Waals surface area contributed by atoms with Crippen molar-refractivity contribution >= 4 is 47.3 Å². The lowest BCUT2D eigenvalue weighted by atomic mass is 10.6. The fraction of sp³-hybridized carbons (Fsp3) is 0. The highest BCUT2D eigenvalue weighted by atomic mass is 35.5. The molecule has 2 rings (SSSR count). The first-order chi connectivity index (χ1) is 7.73. The molecule has 0 radical (unpaired) electrons. The van der Waals surface area contributed by atoms with E-state index in [1.807, 2.05) is 47.5 Å². The predicted octanol–water partition coefficient (Wildman–Crippen LogP) is 2.02. The van der Waals surface area contributed by atoms with E-state index in [4.69, 9.17) is 13.0 Å². The maximum atomic E-state index is 8.59. The number of thiol groups is 1. The number of halogens is 1. The molecule has 0 spiro atoms. The van der Waals surface area contributed by atoms with Gasteiger partial charge in [0.2, 0.25) is 0 Å². The summed E-state index contributed by atoms with van der Waals surface area (Å²) in [6, 6.07) is 0. The highest BCUT2D eigenvalue weighted by molar-refractivity contribution is 8.00. The van der Waals surface area contributed by atoms with Gasteiger partial charge < -0.3 is 9.44 Å². The van der Waals surface area contributed by atoms with Crippen LogP contribution in [0.4, 0.5) is 0 Å². The number of hydrogen-bond acceptors (Lipinski definition) is 6. The highest BCUT2D eigenvalue weighted by Crippen LogP contribution is 1.99. The lowest BCUT2D eigenvalue weighted by Crippen LogP contribution is -1.88. The molecule has 0 aromatic rings. The molecule has 0 atom stereocenters.